The predicted octanol–water partition coefficient (Wildman–Crippen LogP) is 7.09. The summed E-state index contributed by atoms with van der Waals surface area (Å²) < 4.78 is 5.24. The van der Waals surface area contributed by atoms with Gasteiger partial charge in [-0.2, -0.15) is 0 Å². The van der Waals surface area contributed by atoms with E-state index < -0.39 is 5.41 Å². The van der Waals surface area contributed by atoms with Gasteiger partial charge in [0.2, 0.25) is 5.91 Å². The molecule has 3 aromatic carbocycles. The molecule has 2 amide bonds. The zero-order chi connectivity index (χ0) is 28.8. The molecule has 8 heteroatoms. The number of aromatic nitrogens is 2. The van der Waals surface area contributed by atoms with E-state index in [9.17, 15) is 9.59 Å². The molecule has 7 nitrogen and oxygen atoms in total. The average molecular weight is 573 g/mol. The SMILES string of the molecule is COc1cccc(NC(=O)c2cccc(-c3csc(NC(=O)C4(C)CC5c6ccccc6C4c4ccccc45)n3)n2)c1. The number of nitrogens with one attached hydrogen (secondary N) is 2. The Morgan fingerprint density at radius 1 is 0.833 bits per heavy atom. The summed E-state index contributed by atoms with van der Waals surface area (Å²) in [6, 6.07) is 29.4. The quantitative estimate of drug-likeness (QED) is 0.227. The molecule has 2 N–H and O–H groups in total. The van der Waals surface area contributed by atoms with Crippen molar-refractivity contribution in [2.45, 2.75) is 25.2 Å². The minimum atomic E-state index is -0.629. The van der Waals surface area contributed by atoms with Crippen LogP contribution in [0.5, 0.6) is 5.75 Å². The van der Waals surface area contributed by atoms with Crippen LogP contribution in [0, 0.1) is 5.41 Å². The van der Waals surface area contributed by atoms with Crippen LogP contribution in [0.15, 0.2) is 96.4 Å². The van der Waals surface area contributed by atoms with Gasteiger partial charge >= 0.3 is 0 Å². The fraction of sp³-hybridized carbons (Fsp3) is 0.176. The summed E-state index contributed by atoms with van der Waals surface area (Å²) >= 11 is 1.35. The molecule has 2 aromatic heterocycles. The molecule has 0 saturated heterocycles. The van der Waals surface area contributed by atoms with E-state index in [-0.39, 0.29) is 29.3 Å². The molecule has 5 aromatic rings. The van der Waals surface area contributed by atoms with E-state index in [4.69, 9.17) is 4.74 Å². The highest BCUT2D eigenvalue weighted by molar-refractivity contribution is 7.14. The molecule has 1 atom stereocenters. The summed E-state index contributed by atoms with van der Waals surface area (Å²) in [6.45, 7) is 2.08. The first kappa shape index (κ1) is 26.1. The van der Waals surface area contributed by atoms with Crippen molar-refractivity contribution < 1.29 is 14.3 Å². The standard InChI is InChI=1S/C34H28N4O3S/c1-34(18-26-22-11-3-5-13-24(22)30(34)25-14-6-4-12-23(25)26)32(40)38-33-37-29(19-42-33)27-15-8-16-28(36-27)31(39)35-20-9-7-10-21(17-20)41-2/h3-17,19,26,30H,18H2,1-2H3,(H,35,39)(H,37,38,40). The molecule has 0 spiro atoms. The molecule has 2 heterocycles. The Balaban J connectivity index is 1.11. The van der Waals surface area contributed by atoms with Gasteiger partial charge in [0, 0.05) is 29.0 Å². The van der Waals surface area contributed by atoms with Crippen molar-refractivity contribution in [2.75, 3.05) is 17.7 Å². The Bertz CT molecular complexity index is 1800. The summed E-state index contributed by atoms with van der Waals surface area (Å²) in [5, 5.41) is 8.33. The zero-order valence-electron chi connectivity index (χ0n) is 23.1. The molecule has 0 fully saturated rings. The fourth-order valence-corrected chi connectivity index (χ4v) is 7.18. The minimum Gasteiger partial charge on any atom is -0.497 e. The third-order valence-electron chi connectivity index (χ3n) is 8.45. The first-order valence-corrected chi connectivity index (χ1v) is 14.7. The number of fused-ring (bicyclic) bond motifs is 1. The maximum atomic E-state index is 14.0. The van der Waals surface area contributed by atoms with Crippen LogP contribution >= 0.6 is 11.3 Å². The smallest absolute Gasteiger partial charge is 0.274 e. The van der Waals surface area contributed by atoms with Crippen molar-refractivity contribution in [3.05, 3.63) is 124 Å². The normalized spacial score (nSPS) is 19.9. The third kappa shape index (κ3) is 4.35. The van der Waals surface area contributed by atoms with Crippen molar-refractivity contribution in [2.24, 2.45) is 5.41 Å². The lowest BCUT2D eigenvalue weighted by atomic mass is 9.52. The lowest BCUT2D eigenvalue weighted by Gasteiger charge is -2.50. The third-order valence-corrected chi connectivity index (χ3v) is 9.20. The zero-order valence-corrected chi connectivity index (χ0v) is 23.9. The van der Waals surface area contributed by atoms with Gasteiger partial charge in [0.1, 0.15) is 17.1 Å². The van der Waals surface area contributed by atoms with E-state index in [1.54, 1.807) is 43.5 Å². The number of nitrogens with zero attached hydrogens (tertiary/aromatic N) is 2. The highest BCUT2D eigenvalue weighted by atomic mass is 32.1. The molecular weight excluding hydrogens is 544 g/mol. The summed E-state index contributed by atoms with van der Waals surface area (Å²) in [4.78, 5) is 36.1. The van der Waals surface area contributed by atoms with E-state index in [1.807, 2.05) is 11.4 Å². The van der Waals surface area contributed by atoms with Crippen LogP contribution < -0.4 is 15.4 Å². The Morgan fingerprint density at radius 3 is 2.24 bits per heavy atom. The molecule has 3 aliphatic carbocycles. The second-order valence-electron chi connectivity index (χ2n) is 11.0. The van der Waals surface area contributed by atoms with Crippen LogP contribution in [0.4, 0.5) is 10.8 Å². The largest absolute Gasteiger partial charge is 0.497 e. The topological polar surface area (TPSA) is 93.2 Å². The molecule has 2 bridgehead atoms. The number of carbonyl (C=O) groups excluding carboxylic acids is 2. The Morgan fingerprint density at radius 2 is 1.52 bits per heavy atom. The number of anilines is 2. The molecule has 0 radical (unpaired) electrons. The summed E-state index contributed by atoms with van der Waals surface area (Å²) in [6.07, 6.45) is 0.738. The van der Waals surface area contributed by atoms with Crippen molar-refractivity contribution in [3.63, 3.8) is 0 Å². The second-order valence-corrected chi connectivity index (χ2v) is 11.8. The van der Waals surface area contributed by atoms with Crippen LogP contribution in [0.25, 0.3) is 11.4 Å². The van der Waals surface area contributed by atoms with Gasteiger partial charge in [0.05, 0.1) is 18.2 Å². The van der Waals surface area contributed by atoms with Gasteiger partial charge < -0.3 is 15.4 Å². The van der Waals surface area contributed by atoms with Crippen LogP contribution in [0.1, 0.15) is 57.9 Å². The van der Waals surface area contributed by atoms with Gasteiger partial charge in [-0.1, -0.05) is 60.7 Å². The molecule has 208 valence electrons. The number of methoxy groups -OCH3 is 1. The van der Waals surface area contributed by atoms with Crippen LogP contribution in [-0.2, 0) is 4.79 Å². The van der Waals surface area contributed by atoms with Gasteiger partial charge in [-0.15, -0.1) is 11.3 Å². The first-order chi connectivity index (χ1) is 20.4. The number of benzene rings is 3. The molecule has 42 heavy (non-hydrogen) atoms. The summed E-state index contributed by atoms with van der Waals surface area (Å²) in [7, 11) is 1.58. The minimum absolute atomic E-state index is 0.0317. The molecule has 0 saturated carbocycles. The van der Waals surface area contributed by atoms with E-state index in [2.05, 4.69) is 76.1 Å². The first-order valence-electron chi connectivity index (χ1n) is 13.8. The van der Waals surface area contributed by atoms with Crippen LogP contribution in [-0.4, -0.2) is 28.9 Å². The Kier molecular flexibility index (Phi) is 6.35. The van der Waals surface area contributed by atoms with Crippen molar-refractivity contribution in [3.8, 4) is 17.1 Å². The number of hydrogen-bond acceptors (Lipinski definition) is 6. The number of hydrogen-bond donors (Lipinski definition) is 2. The van der Waals surface area contributed by atoms with Gasteiger partial charge in [0.25, 0.3) is 5.91 Å². The Hall–Kier alpha value is -4.82. The molecule has 8 rings (SSSR count). The Labute approximate surface area is 247 Å². The number of ether oxygens (including phenoxy) is 1. The maximum Gasteiger partial charge on any atom is 0.274 e. The van der Waals surface area contributed by atoms with Crippen LogP contribution in [0.3, 0.4) is 0 Å². The predicted molar refractivity (Wildman–Crippen MR) is 164 cm³/mol. The number of rotatable bonds is 6. The second kappa shape index (κ2) is 10.2. The summed E-state index contributed by atoms with van der Waals surface area (Å²) in [5.41, 5.74) is 6.51. The molecule has 1 unspecified atom stereocenters. The van der Waals surface area contributed by atoms with E-state index in [0.29, 0.717) is 28.0 Å². The number of thiazole rings is 1. The molecular formula is C34H28N4O3S. The number of pyridine rings is 1. The monoisotopic (exact) mass is 572 g/mol. The van der Waals surface area contributed by atoms with E-state index in [0.717, 1.165) is 6.42 Å². The molecule has 3 aliphatic rings. The maximum absolute atomic E-state index is 14.0. The van der Waals surface area contributed by atoms with Gasteiger partial charge in [-0.3, -0.25) is 9.59 Å². The fourth-order valence-electron chi connectivity index (χ4n) is 6.48. The number of carbonyl (C=O) groups is 2. The van der Waals surface area contributed by atoms with Crippen LogP contribution in [0.2, 0.25) is 0 Å². The average Bonchev–Trinajstić information content (AvgIpc) is 3.50. The highest BCUT2D eigenvalue weighted by Crippen LogP contribution is 2.61. The lowest BCUT2D eigenvalue weighted by Crippen LogP contribution is -2.47. The number of amides is 2. The van der Waals surface area contributed by atoms with Gasteiger partial charge in [-0.05, 0) is 59.9 Å². The van der Waals surface area contributed by atoms with Crippen molar-refractivity contribution in [1.82, 2.24) is 9.97 Å². The van der Waals surface area contributed by atoms with E-state index in [1.165, 1.54) is 33.6 Å². The highest BCUT2D eigenvalue weighted by Gasteiger charge is 2.54. The van der Waals surface area contributed by atoms with E-state index >= 15 is 0 Å². The summed E-state index contributed by atoms with van der Waals surface area (Å²) in [5.74, 6) is 0.419. The van der Waals surface area contributed by atoms with Crippen molar-refractivity contribution >= 4 is 34.0 Å². The van der Waals surface area contributed by atoms with Crippen molar-refractivity contribution in [1.29, 1.82) is 0 Å². The van der Waals surface area contributed by atoms with Gasteiger partial charge in [0.15, 0.2) is 5.13 Å². The lowest BCUT2D eigenvalue weighted by molar-refractivity contribution is -0.126. The van der Waals surface area contributed by atoms with Gasteiger partial charge in [-0.25, -0.2) is 9.97 Å². The molecule has 0 aliphatic heterocycles.